The van der Waals surface area contributed by atoms with Crippen LogP contribution in [0.3, 0.4) is 0 Å². The molecule has 0 aromatic heterocycles. The summed E-state index contributed by atoms with van der Waals surface area (Å²) in [5.74, 6) is 0.702. The van der Waals surface area contributed by atoms with E-state index in [9.17, 15) is 0 Å². The molecule has 0 amide bonds. The van der Waals surface area contributed by atoms with Crippen molar-refractivity contribution in [3.05, 3.63) is 29.3 Å². The van der Waals surface area contributed by atoms with Crippen LogP contribution in [0, 0.1) is 0 Å². The largest absolute Gasteiger partial charge is 0.490 e. The summed E-state index contributed by atoms with van der Waals surface area (Å²) in [5, 5.41) is 4.22. The maximum atomic E-state index is 5.95. The van der Waals surface area contributed by atoms with Crippen molar-refractivity contribution in [3.63, 3.8) is 0 Å². The van der Waals surface area contributed by atoms with Crippen molar-refractivity contribution in [3.8, 4) is 5.75 Å². The van der Waals surface area contributed by atoms with Crippen LogP contribution in [0.25, 0.3) is 0 Å². The second-order valence-electron chi connectivity index (χ2n) is 3.26. The lowest BCUT2D eigenvalue weighted by Crippen LogP contribution is -2.37. The van der Waals surface area contributed by atoms with Gasteiger partial charge in [-0.05, 0) is 24.4 Å². The Labute approximate surface area is 106 Å². The molecule has 0 aliphatic heterocycles. The zero-order chi connectivity index (χ0) is 12.0. The van der Waals surface area contributed by atoms with Crippen molar-refractivity contribution >= 4 is 28.9 Å². The van der Waals surface area contributed by atoms with Crippen LogP contribution in [0.2, 0.25) is 5.02 Å². The summed E-state index contributed by atoms with van der Waals surface area (Å²) in [5.41, 5.74) is 0. The van der Waals surface area contributed by atoms with Crippen molar-refractivity contribution in [2.24, 2.45) is 0 Å². The monoisotopic (exact) mass is 258 g/mol. The molecule has 0 aliphatic rings. The van der Waals surface area contributed by atoms with Crippen molar-refractivity contribution in [1.82, 2.24) is 10.2 Å². The first-order valence-electron chi connectivity index (χ1n) is 4.95. The number of hydrogen-bond acceptors (Lipinski definition) is 2. The lowest BCUT2D eigenvalue weighted by atomic mass is 10.3. The van der Waals surface area contributed by atoms with E-state index in [4.69, 9.17) is 28.6 Å². The highest BCUT2D eigenvalue weighted by Gasteiger charge is 2.03. The number of hydrogen-bond donors (Lipinski definition) is 1. The SMILES string of the molecule is CNC(=S)N(C)CCOc1ccccc1Cl. The topological polar surface area (TPSA) is 24.5 Å². The maximum Gasteiger partial charge on any atom is 0.168 e. The minimum Gasteiger partial charge on any atom is -0.490 e. The highest BCUT2D eigenvalue weighted by Crippen LogP contribution is 2.22. The molecule has 0 heterocycles. The number of halogens is 1. The predicted molar refractivity (Wildman–Crippen MR) is 71.2 cm³/mol. The normalized spacial score (nSPS) is 9.69. The molecule has 1 aromatic carbocycles. The zero-order valence-electron chi connectivity index (χ0n) is 9.37. The summed E-state index contributed by atoms with van der Waals surface area (Å²) in [4.78, 5) is 1.91. The Kier molecular flexibility index (Phi) is 5.35. The molecular weight excluding hydrogens is 244 g/mol. The van der Waals surface area contributed by atoms with E-state index in [-0.39, 0.29) is 0 Å². The average molecular weight is 259 g/mol. The van der Waals surface area contributed by atoms with Crippen LogP contribution in [-0.4, -0.2) is 37.3 Å². The van der Waals surface area contributed by atoms with Gasteiger partial charge in [-0.3, -0.25) is 0 Å². The first kappa shape index (κ1) is 13.1. The Morgan fingerprint density at radius 2 is 2.19 bits per heavy atom. The average Bonchev–Trinajstić information content (AvgIpc) is 2.30. The highest BCUT2D eigenvalue weighted by molar-refractivity contribution is 7.80. The molecule has 0 spiro atoms. The minimum atomic E-state index is 0.544. The fraction of sp³-hybridized carbons (Fsp3) is 0.364. The predicted octanol–water partition coefficient (Wildman–Crippen LogP) is 2.15. The van der Waals surface area contributed by atoms with Crippen LogP contribution in [0.1, 0.15) is 0 Å². The molecule has 1 aromatic rings. The molecule has 0 bridgehead atoms. The fourth-order valence-corrected chi connectivity index (χ4v) is 1.43. The lowest BCUT2D eigenvalue weighted by molar-refractivity contribution is 0.284. The molecule has 88 valence electrons. The van der Waals surface area contributed by atoms with Crippen molar-refractivity contribution in [1.29, 1.82) is 0 Å². The van der Waals surface area contributed by atoms with Gasteiger partial charge < -0.3 is 15.0 Å². The van der Waals surface area contributed by atoms with E-state index < -0.39 is 0 Å². The van der Waals surface area contributed by atoms with Crippen LogP contribution < -0.4 is 10.1 Å². The van der Waals surface area contributed by atoms with Crippen LogP contribution in [0.15, 0.2) is 24.3 Å². The van der Waals surface area contributed by atoms with E-state index in [1.165, 1.54) is 0 Å². The summed E-state index contributed by atoms with van der Waals surface area (Å²) in [6.07, 6.45) is 0. The number of thiocarbonyl (C=S) groups is 1. The Balaban J connectivity index is 2.36. The van der Waals surface area contributed by atoms with Gasteiger partial charge in [0.15, 0.2) is 5.11 Å². The second-order valence-corrected chi connectivity index (χ2v) is 4.05. The summed E-state index contributed by atoms with van der Waals surface area (Å²) in [6, 6.07) is 7.41. The summed E-state index contributed by atoms with van der Waals surface area (Å²) < 4.78 is 5.54. The Morgan fingerprint density at radius 3 is 2.81 bits per heavy atom. The van der Waals surface area contributed by atoms with Gasteiger partial charge >= 0.3 is 0 Å². The van der Waals surface area contributed by atoms with E-state index in [1.54, 1.807) is 13.1 Å². The van der Waals surface area contributed by atoms with Crippen LogP contribution in [-0.2, 0) is 0 Å². The molecule has 0 radical (unpaired) electrons. The van der Waals surface area contributed by atoms with Crippen LogP contribution in [0.4, 0.5) is 0 Å². The van der Waals surface area contributed by atoms with Gasteiger partial charge in [0.1, 0.15) is 12.4 Å². The van der Waals surface area contributed by atoms with Gasteiger partial charge in [0.2, 0.25) is 0 Å². The van der Waals surface area contributed by atoms with Gasteiger partial charge in [-0.2, -0.15) is 0 Å². The smallest absolute Gasteiger partial charge is 0.168 e. The van der Waals surface area contributed by atoms with Crippen molar-refractivity contribution < 1.29 is 4.74 Å². The number of nitrogens with zero attached hydrogens (tertiary/aromatic N) is 1. The molecule has 16 heavy (non-hydrogen) atoms. The number of benzene rings is 1. The van der Waals surface area contributed by atoms with E-state index in [0.29, 0.717) is 29.0 Å². The van der Waals surface area contributed by atoms with Gasteiger partial charge in [0.25, 0.3) is 0 Å². The quantitative estimate of drug-likeness (QED) is 0.837. The van der Waals surface area contributed by atoms with Crippen molar-refractivity contribution in [2.45, 2.75) is 0 Å². The minimum absolute atomic E-state index is 0.544. The number of rotatable bonds is 4. The first-order chi connectivity index (χ1) is 7.65. The molecular formula is C11H15ClN2OS. The molecule has 0 unspecified atom stereocenters. The van der Waals surface area contributed by atoms with Gasteiger partial charge in [-0.1, -0.05) is 23.7 Å². The van der Waals surface area contributed by atoms with E-state index >= 15 is 0 Å². The van der Waals surface area contributed by atoms with Crippen molar-refractivity contribution in [2.75, 3.05) is 27.2 Å². The number of ether oxygens (including phenoxy) is 1. The first-order valence-corrected chi connectivity index (χ1v) is 5.74. The molecule has 1 N–H and O–H groups in total. The van der Waals surface area contributed by atoms with Crippen LogP contribution in [0.5, 0.6) is 5.75 Å². The molecule has 5 heteroatoms. The highest BCUT2D eigenvalue weighted by atomic mass is 35.5. The van der Waals surface area contributed by atoms with Gasteiger partial charge in [0.05, 0.1) is 11.6 Å². The zero-order valence-corrected chi connectivity index (χ0v) is 10.9. The molecule has 3 nitrogen and oxygen atoms in total. The third-order valence-corrected chi connectivity index (χ3v) is 2.91. The van der Waals surface area contributed by atoms with Crippen LogP contribution >= 0.6 is 23.8 Å². The van der Waals surface area contributed by atoms with Gasteiger partial charge in [-0.15, -0.1) is 0 Å². The number of nitrogens with one attached hydrogen (secondary N) is 1. The fourth-order valence-electron chi connectivity index (χ4n) is 1.15. The Morgan fingerprint density at radius 1 is 1.50 bits per heavy atom. The Bertz CT molecular complexity index is 360. The van der Waals surface area contributed by atoms with E-state index in [1.807, 2.05) is 30.1 Å². The molecule has 0 aliphatic carbocycles. The number of para-hydroxylation sites is 1. The molecule has 0 atom stereocenters. The lowest BCUT2D eigenvalue weighted by Gasteiger charge is -2.19. The molecule has 1 rings (SSSR count). The standard InChI is InChI=1S/C11H15ClN2OS/c1-13-11(16)14(2)7-8-15-10-6-4-3-5-9(10)12/h3-6H,7-8H2,1-2H3,(H,13,16). The maximum absolute atomic E-state index is 5.95. The summed E-state index contributed by atoms with van der Waals surface area (Å²) in [7, 11) is 3.71. The van der Waals surface area contributed by atoms with E-state index in [2.05, 4.69) is 5.32 Å². The third kappa shape index (κ3) is 3.87. The molecule has 0 fully saturated rings. The number of likely N-dealkylation sites (N-methyl/N-ethyl adjacent to an activating group) is 1. The molecule has 0 saturated carbocycles. The van der Waals surface area contributed by atoms with Gasteiger partial charge in [0, 0.05) is 14.1 Å². The third-order valence-electron chi connectivity index (χ3n) is 2.08. The van der Waals surface area contributed by atoms with E-state index in [0.717, 1.165) is 0 Å². The van der Waals surface area contributed by atoms with Gasteiger partial charge in [-0.25, -0.2) is 0 Å². The second kappa shape index (κ2) is 6.55. The Hall–Kier alpha value is -1.00. The summed E-state index contributed by atoms with van der Waals surface area (Å²) >= 11 is 11.0. The molecule has 0 saturated heterocycles. The summed E-state index contributed by atoms with van der Waals surface area (Å²) in [6.45, 7) is 1.26.